The first-order chi connectivity index (χ1) is 12.1. The van der Waals surface area contributed by atoms with Crippen molar-refractivity contribution in [3.05, 3.63) is 47.7 Å². The summed E-state index contributed by atoms with van der Waals surface area (Å²) in [6.07, 6.45) is 3.99. The lowest BCUT2D eigenvalue weighted by Gasteiger charge is -2.22. The van der Waals surface area contributed by atoms with Crippen molar-refractivity contribution in [3.63, 3.8) is 0 Å². The predicted molar refractivity (Wildman–Crippen MR) is 91.2 cm³/mol. The molecule has 132 valence electrons. The molecule has 1 fully saturated rings. The van der Waals surface area contributed by atoms with Crippen LogP contribution in [-0.2, 0) is 17.7 Å². The molecule has 0 bridgehead atoms. The van der Waals surface area contributed by atoms with Crippen LogP contribution in [0.2, 0.25) is 0 Å². The number of nitrogens with zero attached hydrogens (tertiary/aromatic N) is 2. The number of urea groups is 1. The molecule has 2 aromatic rings. The zero-order valence-corrected chi connectivity index (χ0v) is 14.3. The maximum atomic E-state index is 12.7. The van der Waals surface area contributed by atoms with E-state index >= 15 is 0 Å². The van der Waals surface area contributed by atoms with Crippen LogP contribution in [0.25, 0.3) is 0 Å². The van der Waals surface area contributed by atoms with Gasteiger partial charge in [0.1, 0.15) is 6.26 Å². The molecule has 1 aliphatic rings. The Hall–Kier alpha value is -2.83. The number of carbonyl (C=O) groups is 2. The van der Waals surface area contributed by atoms with E-state index in [9.17, 15) is 9.59 Å². The number of carbonyl (C=O) groups excluding carboxylic acids is 2. The number of oxazole rings is 1. The van der Waals surface area contributed by atoms with Crippen molar-refractivity contribution in [2.45, 2.75) is 38.8 Å². The Bertz CT molecular complexity index is 767. The lowest BCUT2D eigenvalue weighted by atomic mass is 10.1. The van der Waals surface area contributed by atoms with E-state index in [4.69, 9.17) is 4.42 Å². The fraction of sp³-hybridized carbons (Fsp3) is 0.389. The smallest absolute Gasteiger partial charge is 0.360 e. The summed E-state index contributed by atoms with van der Waals surface area (Å²) in [6, 6.07) is 7.71. The van der Waals surface area contributed by atoms with Gasteiger partial charge in [0.2, 0.25) is 5.89 Å². The average Bonchev–Trinajstić information content (AvgIpc) is 3.37. The summed E-state index contributed by atoms with van der Waals surface area (Å²) < 4.78 is 9.92. The summed E-state index contributed by atoms with van der Waals surface area (Å²) in [4.78, 5) is 30.0. The molecule has 1 heterocycles. The molecule has 1 aliphatic carbocycles. The number of amides is 2. The van der Waals surface area contributed by atoms with E-state index in [0.717, 1.165) is 30.5 Å². The molecule has 0 saturated heterocycles. The third kappa shape index (κ3) is 3.99. The summed E-state index contributed by atoms with van der Waals surface area (Å²) in [7, 11) is 1.28. The van der Waals surface area contributed by atoms with Crippen molar-refractivity contribution in [2.24, 2.45) is 0 Å². The Morgan fingerprint density at radius 3 is 2.80 bits per heavy atom. The Morgan fingerprint density at radius 2 is 2.12 bits per heavy atom. The summed E-state index contributed by atoms with van der Waals surface area (Å²) in [5, 5.41) is 2.97. The van der Waals surface area contributed by atoms with Crippen LogP contribution in [0.5, 0.6) is 0 Å². The topological polar surface area (TPSA) is 84.7 Å². The highest BCUT2D eigenvalue weighted by atomic mass is 16.5. The van der Waals surface area contributed by atoms with Crippen LogP contribution in [0.15, 0.2) is 34.9 Å². The number of rotatable bonds is 6. The third-order valence-electron chi connectivity index (χ3n) is 4.14. The first-order valence-corrected chi connectivity index (χ1v) is 8.30. The van der Waals surface area contributed by atoms with Gasteiger partial charge in [-0.25, -0.2) is 14.6 Å². The number of anilines is 1. The molecule has 25 heavy (non-hydrogen) atoms. The first-order valence-electron chi connectivity index (χ1n) is 8.30. The van der Waals surface area contributed by atoms with Gasteiger partial charge < -0.3 is 19.4 Å². The minimum absolute atomic E-state index is 0.102. The Balaban J connectivity index is 1.71. The number of esters is 1. The highest BCUT2D eigenvalue weighted by Crippen LogP contribution is 2.29. The van der Waals surface area contributed by atoms with Crippen molar-refractivity contribution in [3.8, 4) is 0 Å². The molecule has 0 radical (unpaired) electrons. The number of aryl methyl sites for hydroxylation is 1. The van der Waals surface area contributed by atoms with Crippen molar-refractivity contribution < 1.29 is 18.7 Å². The lowest BCUT2D eigenvalue weighted by Crippen LogP contribution is -2.36. The highest BCUT2D eigenvalue weighted by molar-refractivity contribution is 5.90. The molecule has 1 aromatic carbocycles. The molecule has 0 atom stereocenters. The van der Waals surface area contributed by atoms with Crippen molar-refractivity contribution in [2.75, 3.05) is 12.4 Å². The van der Waals surface area contributed by atoms with Crippen LogP contribution in [0, 0.1) is 0 Å². The molecular formula is C18H21N3O4. The Kier molecular flexibility index (Phi) is 5.02. The second-order valence-electron chi connectivity index (χ2n) is 5.92. The number of hydrogen-bond donors (Lipinski definition) is 1. The summed E-state index contributed by atoms with van der Waals surface area (Å²) in [6.45, 7) is 2.26. The van der Waals surface area contributed by atoms with E-state index in [-0.39, 0.29) is 24.3 Å². The normalized spacial score (nSPS) is 13.4. The Labute approximate surface area is 146 Å². The van der Waals surface area contributed by atoms with Gasteiger partial charge in [0.05, 0.1) is 13.7 Å². The second kappa shape index (κ2) is 7.38. The summed E-state index contributed by atoms with van der Waals surface area (Å²) in [5.41, 5.74) is 1.99. The van der Waals surface area contributed by atoms with Gasteiger partial charge in [-0.1, -0.05) is 25.1 Å². The molecule has 2 amide bonds. The minimum Gasteiger partial charge on any atom is -0.464 e. The molecule has 1 aromatic heterocycles. The number of methoxy groups -OCH3 is 1. The van der Waals surface area contributed by atoms with E-state index < -0.39 is 5.97 Å². The quantitative estimate of drug-likeness (QED) is 0.814. The molecule has 1 N–H and O–H groups in total. The zero-order chi connectivity index (χ0) is 17.8. The van der Waals surface area contributed by atoms with Crippen LogP contribution in [0.4, 0.5) is 10.5 Å². The van der Waals surface area contributed by atoms with Crippen molar-refractivity contribution in [1.82, 2.24) is 9.88 Å². The predicted octanol–water partition coefficient (Wildman–Crippen LogP) is 3.22. The number of nitrogens with one attached hydrogen (secondary N) is 1. The lowest BCUT2D eigenvalue weighted by molar-refractivity contribution is 0.0594. The van der Waals surface area contributed by atoms with Crippen LogP contribution in [0.3, 0.4) is 0 Å². The van der Waals surface area contributed by atoms with Gasteiger partial charge in [-0.2, -0.15) is 0 Å². The SMILES string of the molecule is CCc1ccccc1NC(=O)N(Cc1nc(C(=O)OC)co1)C1CC1. The van der Waals surface area contributed by atoms with Crippen LogP contribution in [-0.4, -0.2) is 35.0 Å². The maximum absolute atomic E-state index is 12.7. The van der Waals surface area contributed by atoms with Gasteiger partial charge in [0, 0.05) is 11.7 Å². The molecule has 0 aliphatic heterocycles. The molecule has 7 heteroatoms. The van der Waals surface area contributed by atoms with E-state index in [1.165, 1.54) is 13.4 Å². The van der Waals surface area contributed by atoms with Gasteiger partial charge in [-0.05, 0) is 30.9 Å². The molecule has 0 unspecified atom stereocenters. The largest absolute Gasteiger partial charge is 0.464 e. The fourth-order valence-electron chi connectivity index (χ4n) is 2.62. The standard InChI is InChI=1S/C18H21N3O4/c1-3-12-6-4-5-7-14(12)20-18(23)21(13-8-9-13)10-16-19-15(11-25-16)17(22)24-2/h4-7,11,13H,3,8-10H2,1-2H3,(H,20,23). The van der Waals surface area contributed by atoms with Gasteiger partial charge in [0.25, 0.3) is 0 Å². The van der Waals surface area contributed by atoms with Crippen molar-refractivity contribution >= 4 is 17.7 Å². The average molecular weight is 343 g/mol. The second-order valence-corrected chi connectivity index (χ2v) is 5.92. The van der Waals surface area contributed by atoms with Gasteiger partial charge in [-0.15, -0.1) is 0 Å². The molecular weight excluding hydrogens is 322 g/mol. The number of benzene rings is 1. The van der Waals surface area contributed by atoms with E-state index in [1.54, 1.807) is 4.90 Å². The number of ether oxygens (including phenoxy) is 1. The maximum Gasteiger partial charge on any atom is 0.360 e. The molecule has 0 spiro atoms. The van der Waals surface area contributed by atoms with E-state index in [1.807, 2.05) is 31.2 Å². The van der Waals surface area contributed by atoms with E-state index in [0.29, 0.717) is 5.89 Å². The number of aromatic nitrogens is 1. The molecule has 3 rings (SSSR count). The first kappa shape index (κ1) is 17.0. The monoisotopic (exact) mass is 343 g/mol. The third-order valence-corrected chi connectivity index (χ3v) is 4.14. The van der Waals surface area contributed by atoms with Gasteiger partial charge >= 0.3 is 12.0 Å². The van der Waals surface area contributed by atoms with Gasteiger partial charge in [0.15, 0.2) is 5.69 Å². The molecule has 7 nitrogen and oxygen atoms in total. The Morgan fingerprint density at radius 1 is 1.36 bits per heavy atom. The van der Waals surface area contributed by atoms with Crippen LogP contribution < -0.4 is 5.32 Å². The molecule has 1 saturated carbocycles. The fourth-order valence-corrected chi connectivity index (χ4v) is 2.62. The highest BCUT2D eigenvalue weighted by Gasteiger charge is 2.34. The summed E-state index contributed by atoms with van der Waals surface area (Å²) >= 11 is 0. The number of hydrogen-bond acceptors (Lipinski definition) is 5. The van der Waals surface area contributed by atoms with Crippen molar-refractivity contribution in [1.29, 1.82) is 0 Å². The van der Waals surface area contributed by atoms with Gasteiger partial charge in [-0.3, -0.25) is 0 Å². The van der Waals surface area contributed by atoms with Crippen LogP contribution >= 0.6 is 0 Å². The van der Waals surface area contributed by atoms with Crippen LogP contribution in [0.1, 0.15) is 41.7 Å². The number of para-hydroxylation sites is 1. The minimum atomic E-state index is -0.561. The van der Waals surface area contributed by atoms with E-state index in [2.05, 4.69) is 15.0 Å². The summed E-state index contributed by atoms with van der Waals surface area (Å²) in [5.74, 6) is -0.250. The zero-order valence-electron chi connectivity index (χ0n) is 14.3.